The first-order valence-corrected chi connectivity index (χ1v) is 20.1. The van der Waals surface area contributed by atoms with Crippen molar-refractivity contribution in [1.29, 1.82) is 5.26 Å². The fourth-order valence-electron chi connectivity index (χ4n) is 6.46. The highest BCUT2D eigenvalue weighted by Crippen LogP contribution is 2.36. The average Bonchev–Trinajstić information content (AvgIpc) is 3.71. The first-order chi connectivity index (χ1) is 31.6. The van der Waals surface area contributed by atoms with Gasteiger partial charge in [0.15, 0.2) is 5.82 Å². The molecule has 9 aromatic rings. The third-order valence-electron chi connectivity index (χ3n) is 9.56. The minimum atomic E-state index is 0.250. The van der Waals surface area contributed by atoms with Gasteiger partial charge in [0, 0.05) is 22.3 Å². The molecule has 3 heterocycles. The molecular formula is C52H37ClN6O6. The predicted octanol–water partition coefficient (Wildman–Crippen LogP) is 11.8. The highest BCUT2D eigenvalue weighted by molar-refractivity contribution is 6.32. The van der Waals surface area contributed by atoms with E-state index in [1.807, 2.05) is 146 Å². The second-order valence-electron chi connectivity index (χ2n) is 14.0. The van der Waals surface area contributed by atoms with Crippen LogP contribution in [-0.2, 0) is 19.2 Å². The van der Waals surface area contributed by atoms with E-state index < -0.39 is 0 Å². The van der Waals surface area contributed by atoms with Gasteiger partial charge in [-0.1, -0.05) is 108 Å². The summed E-state index contributed by atoms with van der Waals surface area (Å²) in [6.45, 7) is 4.11. The molecule has 0 saturated heterocycles. The summed E-state index contributed by atoms with van der Waals surface area (Å²) >= 11 is 6.42. The van der Waals surface area contributed by atoms with Crippen molar-refractivity contribution >= 4 is 40.6 Å². The molecule has 0 fully saturated rings. The van der Waals surface area contributed by atoms with Crippen LogP contribution >= 0.6 is 11.6 Å². The van der Waals surface area contributed by atoms with Gasteiger partial charge in [-0.2, -0.15) is 29.5 Å². The van der Waals surface area contributed by atoms with E-state index in [4.69, 9.17) is 56.0 Å². The molecule has 0 unspecified atom stereocenters. The first kappa shape index (κ1) is 45.6. The monoisotopic (exact) mass is 876 g/mol. The van der Waals surface area contributed by atoms with Gasteiger partial charge in [0.05, 0.1) is 44.3 Å². The number of aryl methyl sites for hydroxylation is 2. The number of nitriles is 1. The van der Waals surface area contributed by atoms with Crippen molar-refractivity contribution in [3.8, 4) is 74.1 Å². The smallest absolute Gasteiger partial charge is 0.373 e. The molecule has 9 rings (SSSR count). The number of hydrogen-bond acceptors (Lipinski definition) is 11. The van der Waals surface area contributed by atoms with Crippen molar-refractivity contribution in [1.82, 2.24) is 20.2 Å². The maximum absolute atomic E-state index is 9.61. The number of ether oxygens (including phenoxy) is 2. The van der Waals surface area contributed by atoms with Crippen LogP contribution in [0.1, 0.15) is 16.7 Å². The predicted molar refractivity (Wildman–Crippen MR) is 247 cm³/mol. The van der Waals surface area contributed by atoms with Gasteiger partial charge in [0.25, 0.3) is 0 Å². The second-order valence-corrected chi connectivity index (χ2v) is 14.4. The van der Waals surface area contributed by atoms with Gasteiger partial charge in [-0.3, -0.25) is 5.10 Å². The number of nitrogens with two attached hydrogens (primary N) is 1. The summed E-state index contributed by atoms with van der Waals surface area (Å²) in [5.41, 5.74) is 16.4. The van der Waals surface area contributed by atoms with Crippen LogP contribution < -0.4 is 15.2 Å². The number of halogens is 1. The number of rotatable bonds is 8. The fourth-order valence-corrected chi connectivity index (χ4v) is 6.70. The van der Waals surface area contributed by atoms with E-state index in [9.17, 15) is 5.26 Å². The van der Waals surface area contributed by atoms with Gasteiger partial charge in [0.1, 0.15) is 29.1 Å². The number of para-hydroxylation sites is 2. The number of anilines is 1. The van der Waals surface area contributed by atoms with Crippen LogP contribution in [0.4, 0.5) is 5.82 Å². The largest absolute Gasteiger partial charge is 0.457 e. The number of fused-ring (bicyclic) bond motifs is 1. The number of aromatic nitrogens is 4. The molecule has 12 nitrogen and oxygen atoms in total. The number of nitrogens with zero attached hydrogens (tertiary/aromatic N) is 4. The summed E-state index contributed by atoms with van der Waals surface area (Å²) in [6.07, 6.45) is 0.500. The van der Waals surface area contributed by atoms with Crippen LogP contribution in [-0.4, -0.2) is 32.5 Å². The van der Waals surface area contributed by atoms with Gasteiger partial charge >= 0.3 is 12.3 Å². The Balaban J connectivity index is 0.000000192. The van der Waals surface area contributed by atoms with Gasteiger partial charge in [0.2, 0.25) is 0 Å². The second kappa shape index (κ2) is 22.2. The Bertz CT molecular complexity index is 3100. The normalized spacial score (nSPS) is 9.94. The van der Waals surface area contributed by atoms with Crippen molar-refractivity contribution in [3.63, 3.8) is 0 Å². The molecule has 0 radical (unpaired) electrons. The van der Waals surface area contributed by atoms with Crippen molar-refractivity contribution in [3.05, 3.63) is 192 Å². The topological polar surface area (TPSA) is 191 Å². The Hall–Kier alpha value is -8.97. The number of hydrogen-bond donors (Lipinski definition) is 2. The van der Waals surface area contributed by atoms with E-state index in [1.54, 1.807) is 6.07 Å². The molecule has 0 spiro atoms. The maximum atomic E-state index is 9.61. The van der Waals surface area contributed by atoms with Crippen LogP contribution in [0.3, 0.4) is 0 Å². The molecule has 3 N–H and O–H groups in total. The number of benzene rings is 6. The lowest BCUT2D eigenvalue weighted by Crippen LogP contribution is -1.94. The van der Waals surface area contributed by atoms with E-state index in [1.165, 1.54) is 11.1 Å². The first-order valence-electron chi connectivity index (χ1n) is 19.7. The molecule has 13 heteroatoms. The Kier molecular flexibility index (Phi) is 15.6. The van der Waals surface area contributed by atoms with Crippen molar-refractivity contribution in [2.24, 2.45) is 0 Å². The van der Waals surface area contributed by atoms with E-state index in [0.29, 0.717) is 27.8 Å². The number of carbonyl (C=O) groups excluding carboxylic acids is 4. The van der Waals surface area contributed by atoms with E-state index in [2.05, 4.69) is 47.5 Å². The Morgan fingerprint density at radius 3 is 1.37 bits per heavy atom. The number of H-pyrrole nitrogens is 1. The summed E-state index contributed by atoms with van der Waals surface area (Å²) in [5, 5.41) is 18.0. The third kappa shape index (κ3) is 11.9. The molecule has 0 amide bonds. The molecule has 0 aliphatic rings. The molecule has 6 aromatic carbocycles. The quantitative estimate of drug-likeness (QED) is 0.148. The Labute approximate surface area is 378 Å². The minimum absolute atomic E-state index is 0.250. The Morgan fingerprint density at radius 1 is 0.538 bits per heavy atom. The lowest BCUT2D eigenvalue weighted by atomic mass is 10.0. The van der Waals surface area contributed by atoms with Crippen molar-refractivity contribution in [2.45, 2.75) is 13.8 Å². The van der Waals surface area contributed by atoms with E-state index in [-0.39, 0.29) is 12.3 Å². The van der Waals surface area contributed by atoms with Gasteiger partial charge in [-0.05, 0) is 98.8 Å². The maximum Gasteiger partial charge on any atom is 0.373 e. The van der Waals surface area contributed by atoms with Crippen molar-refractivity contribution in [2.75, 3.05) is 5.73 Å². The van der Waals surface area contributed by atoms with E-state index in [0.717, 1.165) is 67.5 Å². The minimum Gasteiger partial charge on any atom is -0.457 e. The number of pyridine rings is 2. The van der Waals surface area contributed by atoms with Crippen LogP contribution in [0.25, 0.3) is 55.9 Å². The summed E-state index contributed by atoms with van der Waals surface area (Å²) in [4.78, 5) is 42.2. The summed E-state index contributed by atoms with van der Waals surface area (Å²) in [6, 6.07) is 56.9. The zero-order valence-corrected chi connectivity index (χ0v) is 35.6. The Morgan fingerprint density at radius 2 is 0.923 bits per heavy atom. The fraction of sp³-hybridized carbons (Fsp3) is 0.0385. The van der Waals surface area contributed by atoms with Crippen LogP contribution in [0.2, 0.25) is 5.02 Å². The third-order valence-corrected chi connectivity index (χ3v) is 9.86. The highest BCUT2D eigenvalue weighted by Gasteiger charge is 2.16. The molecule has 0 aliphatic carbocycles. The van der Waals surface area contributed by atoms with Crippen molar-refractivity contribution < 1.29 is 28.7 Å². The molecule has 3 aromatic heterocycles. The van der Waals surface area contributed by atoms with Crippen LogP contribution in [0, 0.1) is 25.2 Å². The SMILES string of the molecule is Cc1ccc(-c2cc(Cl)c(C#N)c(-c3ccc(Oc4ccccc4)cc3)n2)cc1.Cc1ccc(-c2cc3[nH]nc(N)c3c(-c3ccc(Oc4ccccc4)cc3)n2)cc1.O=C=O.O=C=O. The average molecular weight is 877 g/mol. The molecular weight excluding hydrogens is 840 g/mol. The highest BCUT2D eigenvalue weighted by atomic mass is 35.5. The number of nitrogen functional groups attached to an aromatic ring is 1. The summed E-state index contributed by atoms with van der Waals surface area (Å²) < 4.78 is 11.7. The zero-order valence-electron chi connectivity index (χ0n) is 34.9. The summed E-state index contributed by atoms with van der Waals surface area (Å²) in [5.74, 6) is 3.47. The molecule has 0 saturated carbocycles. The van der Waals surface area contributed by atoms with Crippen LogP contribution in [0.15, 0.2) is 170 Å². The van der Waals surface area contributed by atoms with Gasteiger partial charge in [-0.15, -0.1) is 0 Å². The lowest BCUT2D eigenvalue weighted by molar-refractivity contribution is -0.193. The molecule has 0 atom stereocenters. The van der Waals surface area contributed by atoms with Gasteiger partial charge < -0.3 is 15.2 Å². The number of nitrogens with one attached hydrogen (secondary N) is 1. The van der Waals surface area contributed by atoms with E-state index >= 15 is 0 Å². The van der Waals surface area contributed by atoms with Crippen LogP contribution in [0.5, 0.6) is 23.0 Å². The summed E-state index contributed by atoms with van der Waals surface area (Å²) in [7, 11) is 0. The molecule has 0 bridgehead atoms. The molecule has 318 valence electrons. The zero-order chi connectivity index (χ0) is 46.1. The molecule has 0 aliphatic heterocycles. The van der Waals surface area contributed by atoms with Gasteiger partial charge in [-0.25, -0.2) is 9.97 Å². The molecule has 65 heavy (non-hydrogen) atoms. The standard InChI is InChI=1S/C25H17ClN2O.C25H20N4O.2CO2/c1-17-7-9-18(10-8-17)24-15-23(26)22(16-27)25(28-24)19-11-13-21(14-12-19)29-20-5-3-2-4-6-20;1-16-7-9-17(10-8-16)21-15-22-23(25(26)29-28-22)24(27-21)18-11-13-20(14-12-18)30-19-5-3-2-4-6-19;2*2-1-3/h2-15H,1H3;2-15H,1H3,(H3,26,28,29);;. The number of aromatic amines is 1. The lowest BCUT2D eigenvalue weighted by Gasteiger charge is -2.11.